The largest absolute Gasteiger partial charge is 0.358 e. The summed E-state index contributed by atoms with van der Waals surface area (Å²) >= 11 is 0. The fraction of sp³-hybridized carbons (Fsp3) is 0.0909. The molecule has 1 heterocycles. The van der Waals surface area contributed by atoms with Crippen LogP contribution in [0.5, 0.6) is 0 Å². The van der Waals surface area contributed by atoms with Crippen molar-refractivity contribution >= 4 is 23.0 Å². The molecule has 0 aliphatic heterocycles. The number of hydrogen-bond acceptors (Lipinski definition) is 2. The summed E-state index contributed by atoms with van der Waals surface area (Å²) in [7, 11) is 0. The lowest BCUT2D eigenvalue weighted by molar-refractivity contribution is -0.105. The maximum atomic E-state index is 11.6. The predicted molar refractivity (Wildman–Crippen MR) is 59.0 cm³/mol. The summed E-state index contributed by atoms with van der Waals surface area (Å²) in [5.41, 5.74) is 2.17. The molecule has 0 aliphatic rings. The van der Waals surface area contributed by atoms with Crippen molar-refractivity contribution in [2.24, 2.45) is 0 Å². The quantitative estimate of drug-likeness (QED) is 0.723. The molecule has 15 heavy (non-hydrogen) atoms. The zero-order chi connectivity index (χ0) is 10.8. The molecular formula is C11H10N2O2. The summed E-state index contributed by atoms with van der Waals surface area (Å²) in [6, 6.07) is 6.71. The van der Waals surface area contributed by atoms with Gasteiger partial charge in [-0.1, -0.05) is 0 Å². The summed E-state index contributed by atoms with van der Waals surface area (Å²) in [5.74, 6) is 0. The lowest BCUT2D eigenvalue weighted by Gasteiger charge is -2.02. The van der Waals surface area contributed by atoms with E-state index in [-0.39, 0.29) is 5.43 Å². The van der Waals surface area contributed by atoms with Gasteiger partial charge in [0.15, 0.2) is 5.43 Å². The van der Waals surface area contributed by atoms with E-state index in [1.807, 2.05) is 6.92 Å². The first-order chi connectivity index (χ1) is 7.20. The first-order valence-electron chi connectivity index (χ1n) is 4.54. The third-order valence-electron chi connectivity index (χ3n) is 2.19. The number of aromatic nitrogens is 1. The van der Waals surface area contributed by atoms with Gasteiger partial charge in [-0.25, -0.2) is 0 Å². The van der Waals surface area contributed by atoms with E-state index in [1.165, 1.54) is 6.07 Å². The number of rotatable bonds is 2. The van der Waals surface area contributed by atoms with Crippen LogP contribution in [-0.2, 0) is 4.79 Å². The zero-order valence-corrected chi connectivity index (χ0v) is 8.20. The SMILES string of the molecule is Cc1cc(=O)c2cc(NC=O)ccc2[nH]1. The molecule has 0 bridgehead atoms. The van der Waals surface area contributed by atoms with Crippen LogP contribution in [0.4, 0.5) is 5.69 Å². The maximum Gasteiger partial charge on any atom is 0.211 e. The smallest absolute Gasteiger partial charge is 0.211 e. The van der Waals surface area contributed by atoms with Crippen molar-refractivity contribution in [1.82, 2.24) is 4.98 Å². The van der Waals surface area contributed by atoms with Gasteiger partial charge in [0.05, 0.1) is 0 Å². The standard InChI is InChI=1S/C11H10N2O2/c1-7-4-11(15)9-5-8(12-6-14)2-3-10(9)13-7/h2-6H,1H3,(H,12,14)(H,13,15). The van der Waals surface area contributed by atoms with Gasteiger partial charge in [0, 0.05) is 28.4 Å². The Kier molecular flexibility index (Phi) is 2.25. The molecule has 1 aromatic heterocycles. The molecule has 1 amide bonds. The average molecular weight is 202 g/mol. The Balaban J connectivity index is 2.71. The van der Waals surface area contributed by atoms with Crippen LogP contribution in [0.1, 0.15) is 5.69 Å². The van der Waals surface area contributed by atoms with E-state index in [1.54, 1.807) is 18.2 Å². The fourth-order valence-corrected chi connectivity index (χ4v) is 1.54. The summed E-state index contributed by atoms with van der Waals surface area (Å²) < 4.78 is 0. The number of carbonyl (C=O) groups excluding carboxylic acids is 1. The molecule has 76 valence electrons. The number of nitrogens with one attached hydrogen (secondary N) is 2. The van der Waals surface area contributed by atoms with Crippen LogP contribution in [-0.4, -0.2) is 11.4 Å². The number of fused-ring (bicyclic) bond motifs is 1. The van der Waals surface area contributed by atoms with E-state index < -0.39 is 0 Å². The van der Waals surface area contributed by atoms with Crippen LogP contribution >= 0.6 is 0 Å². The monoisotopic (exact) mass is 202 g/mol. The number of hydrogen-bond donors (Lipinski definition) is 2. The van der Waals surface area contributed by atoms with E-state index in [4.69, 9.17) is 0 Å². The molecule has 2 N–H and O–H groups in total. The second-order valence-corrected chi connectivity index (χ2v) is 3.34. The molecule has 1 aromatic carbocycles. The van der Waals surface area contributed by atoms with Gasteiger partial charge in [0.2, 0.25) is 6.41 Å². The topological polar surface area (TPSA) is 62.0 Å². The summed E-state index contributed by atoms with van der Waals surface area (Å²) in [4.78, 5) is 25.0. The summed E-state index contributed by atoms with van der Waals surface area (Å²) in [5, 5.41) is 3.08. The average Bonchev–Trinajstić information content (AvgIpc) is 2.19. The summed E-state index contributed by atoms with van der Waals surface area (Å²) in [6.45, 7) is 1.83. The van der Waals surface area contributed by atoms with E-state index in [9.17, 15) is 9.59 Å². The Morgan fingerprint density at radius 1 is 1.33 bits per heavy atom. The van der Waals surface area contributed by atoms with E-state index >= 15 is 0 Å². The van der Waals surface area contributed by atoms with E-state index in [0.29, 0.717) is 17.5 Å². The first kappa shape index (κ1) is 9.45. The Morgan fingerprint density at radius 2 is 2.13 bits per heavy atom. The van der Waals surface area contributed by atoms with Crippen molar-refractivity contribution in [2.45, 2.75) is 6.92 Å². The van der Waals surface area contributed by atoms with Gasteiger partial charge in [-0.2, -0.15) is 0 Å². The number of aryl methyl sites for hydroxylation is 1. The van der Waals surface area contributed by atoms with Crippen LogP contribution in [0.2, 0.25) is 0 Å². The minimum Gasteiger partial charge on any atom is -0.358 e. The predicted octanol–water partition coefficient (Wildman–Crippen LogP) is 1.40. The normalized spacial score (nSPS) is 10.2. The maximum absolute atomic E-state index is 11.6. The lowest BCUT2D eigenvalue weighted by Crippen LogP contribution is -2.04. The number of amides is 1. The fourth-order valence-electron chi connectivity index (χ4n) is 1.54. The third-order valence-corrected chi connectivity index (χ3v) is 2.19. The van der Waals surface area contributed by atoms with Crippen molar-refractivity contribution in [3.8, 4) is 0 Å². The molecule has 0 radical (unpaired) electrons. The zero-order valence-electron chi connectivity index (χ0n) is 8.20. The molecule has 0 saturated heterocycles. The molecule has 2 aromatic rings. The second-order valence-electron chi connectivity index (χ2n) is 3.34. The molecule has 0 aliphatic carbocycles. The molecule has 0 fully saturated rings. The molecule has 0 spiro atoms. The molecule has 2 rings (SSSR count). The van der Waals surface area contributed by atoms with Gasteiger partial charge in [-0.15, -0.1) is 0 Å². The Labute approximate surface area is 85.9 Å². The van der Waals surface area contributed by atoms with Crippen LogP contribution in [0, 0.1) is 6.92 Å². The van der Waals surface area contributed by atoms with Gasteiger partial charge >= 0.3 is 0 Å². The number of aromatic amines is 1. The highest BCUT2D eigenvalue weighted by molar-refractivity contribution is 5.85. The number of H-pyrrole nitrogens is 1. The van der Waals surface area contributed by atoms with Crippen molar-refractivity contribution in [3.05, 3.63) is 40.2 Å². The highest BCUT2D eigenvalue weighted by Crippen LogP contribution is 2.14. The van der Waals surface area contributed by atoms with Crippen LogP contribution in [0.25, 0.3) is 10.9 Å². The minimum absolute atomic E-state index is 0.0456. The van der Waals surface area contributed by atoms with Gasteiger partial charge < -0.3 is 10.3 Å². The second kappa shape index (κ2) is 3.57. The Hall–Kier alpha value is -2.10. The lowest BCUT2D eigenvalue weighted by atomic mass is 10.2. The number of benzene rings is 1. The van der Waals surface area contributed by atoms with Crippen molar-refractivity contribution in [3.63, 3.8) is 0 Å². The number of carbonyl (C=O) groups is 1. The molecule has 0 atom stereocenters. The molecule has 4 nitrogen and oxygen atoms in total. The van der Waals surface area contributed by atoms with Gasteiger partial charge in [0.25, 0.3) is 0 Å². The third kappa shape index (κ3) is 1.74. The Morgan fingerprint density at radius 3 is 2.87 bits per heavy atom. The molecule has 4 heteroatoms. The summed E-state index contributed by atoms with van der Waals surface area (Å²) in [6.07, 6.45) is 0.587. The highest BCUT2D eigenvalue weighted by atomic mass is 16.1. The van der Waals surface area contributed by atoms with Crippen LogP contribution in [0.15, 0.2) is 29.1 Å². The molecule has 0 saturated carbocycles. The van der Waals surface area contributed by atoms with Gasteiger partial charge in [-0.3, -0.25) is 9.59 Å². The van der Waals surface area contributed by atoms with Gasteiger partial charge in [-0.05, 0) is 25.1 Å². The highest BCUT2D eigenvalue weighted by Gasteiger charge is 2.00. The molecule has 0 unspecified atom stereocenters. The first-order valence-corrected chi connectivity index (χ1v) is 4.54. The van der Waals surface area contributed by atoms with Crippen LogP contribution in [0.3, 0.4) is 0 Å². The van der Waals surface area contributed by atoms with Crippen molar-refractivity contribution < 1.29 is 4.79 Å². The Bertz CT molecular complexity index is 572. The minimum atomic E-state index is -0.0456. The van der Waals surface area contributed by atoms with Crippen molar-refractivity contribution in [2.75, 3.05) is 5.32 Å². The van der Waals surface area contributed by atoms with E-state index in [0.717, 1.165) is 11.2 Å². The van der Waals surface area contributed by atoms with Gasteiger partial charge in [0.1, 0.15) is 0 Å². The molecular weight excluding hydrogens is 192 g/mol. The van der Waals surface area contributed by atoms with Crippen LogP contribution < -0.4 is 10.7 Å². The van der Waals surface area contributed by atoms with Crippen molar-refractivity contribution in [1.29, 1.82) is 0 Å². The number of pyridine rings is 1. The number of anilines is 1. The van der Waals surface area contributed by atoms with E-state index in [2.05, 4.69) is 10.3 Å².